The summed E-state index contributed by atoms with van der Waals surface area (Å²) in [5.74, 6) is -0.120. The normalized spacial score (nSPS) is 23.9. The third-order valence-electron chi connectivity index (χ3n) is 5.14. The van der Waals surface area contributed by atoms with Crippen LogP contribution in [-0.2, 0) is 6.18 Å². The molecule has 2 aliphatic rings. The number of anilines is 1. The molecule has 26 heavy (non-hydrogen) atoms. The summed E-state index contributed by atoms with van der Waals surface area (Å²) in [6, 6.07) is 9.90. The highest BCUT2D eigenvalue weighted by Crippen LogP contribution is 2.52. The van der Waals surface area contributed by atoms with Gasteiger partial charge in [-0.3, -0.25) is 10.1 Å². The topological polar surface area (TPSA) is 55.2 Å². The Labute approximate surface area is 147 Å². The van der Waals surface area contributed by atoms with Crippen molar-refractivity contribution in [3.05, 3.63) is 81.4 Å². The zero-order valence-corrected chi connectivity index (χ0v) is 13.5. The van der Waals surface area contributed by atoms with Gasteiger partial charge in [-0.25, -0.2) is 0 Å². The van der Waals surface area contributed by atoms with Crippen molar-refractivity contribution in [3.8, 4) is 0 Å². The number of alkyl halides is 3. The molecule has 0 bridgehead atoms. The van der Waals surface area contributed by atoms with E-state index in [2.05, 4.69) is 5.32 Å². The lowest BCUT2D eigenvalue weighted by atomic mass is 9.76. The van der Waals surface area contributed by atoms with Crippen LogP contribution in [0.4, 0.5) is 24.5 Å². The molecule has 0 aromatic heterocycles. The smallest absolute Gasteiger partial charge is 0.377 e. The van der Waals surface area contributed by atoms with Gasteiger partial charge in [-0.1, -0.05) is 36.4 Å². The van der Waals surface area contributed by atoms with E-state index >= 15 is 0 Å². The number of allylic oxidation sites excluding steroid dienone is 2. The van der Waals surface area contributed by atoms with E-state index in [0.29, 0.717) is 17.5 Å². The average Bonchev–Trinajstić information content (AvgIpc) is 3.09. The maximum absolute atomic E-state index is 13.5. The van der Waals surface area contributed by atoms with Gasteiger partial charge in [0, 0.05) is 18.1 Å². The van der Waals surface area contributed by atoms with Crippen molar-refractivity contribution in [1.29, 1.82) is 0 Å². The van der Waals surface area contributed by atoms with Crippen molar-refractivity contribution in [3.63, 3.8) is 0 Å². The second-order valence-corrected chi connectivity index (χ2v) is 6.60. The number of fused-ring (bicyclic) bond motifs is 3. The number of hydrogen-bond donors (Lipinski definition) is 1. The molecule has 0 saturated carbocycles. The minimum Gasteiger partial charge on any atom is -0.377 e. The SMILES string of the molecule is O=[N+]([O-])c1cccc([C@@H]2Nc3c(cccc3C(F)(F)F)[C@@H]3C=CC[C@H]32)c1. The van der Waals surface area contributed by atoms with Gasteiger partial charge in [0.2, 0.25) is 0 Å². The number of non-ortho nitro benzene ring substituents is 1. The zero-order chi connectivity index (χ0) is 18.5. The Morgan fingerprint density at radius 3 is 2.65 bits per heavy atom. The number of halogens is 3. The molecule has 4 nitrogen and oxygen atoms in total. The molecule has 7 heteroatoms. The standard InChI is InChI=1S/C19H15F3N2O2/c20-19(21,22)16-9-3-8-15-13-6-2-7-14(13)17(23-18(15)16)11-4-1-5-12(10-11)24(25)26/h1-6,8-10,13-14,17,23H,7H2/t13-,14-,17+/m1/s1. The Balaban J connectivity index is 1.83. The highest BCUT2D eigenvalue weighted by Gasteiger charge is 2.43. The maximum Gasteiger partial charge on any atom is 0.418 e. The Morgan fingerprint density at radius 2 is 1.92 bits per heavy atom. The summed E-state index contributed by atoms with van der Waals surface area (Å²) in [5, 5.41) is 14.1. The van der Waals surface area contributed by atoms with Gasteiger partial charge in [0.1, 0.15) is 0 Å². The highest BCUT2D eigenvalue weighted by atomic mass is 19.4. The van der Waals surface area contributed by atoms with Crippen LogP contribution < -0.4 is 5.32 Å². The summed E-state index contributed by atoms with van der Waals surface area (Å²) in [4.78, 5) is 10.6. The van der Waals surface area contributed by atoms with E-state index in [1.54, 1.807) is 18.2 Å². The predicted octanol–water partition coefficient (Wildman–Crippen LogP) is 5.44. The molecule has 1 aliphatic heterocycles. The van der Waals surface area contributed by atoms with Crippen LogP contribution in [-0.4, -0.2) is 4.92 Å². The number of nitro groups is 1. The monoisotopic (exact) mass is 360 g/mol. The summed E-state index contributed by atoms with van der Waals surface area (Å²) >= 11 is 0. The van der Waals surface area contributed by atoms with Crippen molar-refractivity contribution in [2.45, 2.75) is 24.6 Å². The van der Waals surface area contributed by atoms with Gasteiger partial charge in [0.15, 0.2) is 0 Å². The molecule has 4 rings (SSSR count). The molecule has 2 aromatic rings. The molecule has 0 spiro atoms. The van der Waals surface area contributed by atoms with Gasteiger partial charge < -0.3 is 5.32 Å². The second-order valence-electron chi connectivity index (χ2n) is 6.60. The number of rotatable bonds is 2. The fourth-order valence-corrected chi connectivity index (χ4v) is 4.02. The lowest BCUT2D eigenvalue weighted by Crippen LogP contribution is -2.30. The number of hydrogen-bond acceptors (Lipinski definition) is 3. The molecule has 1 heterocycles. The van der Waals surface area contributed by atoms with Crippen molar-refractivity contribution in [2.75, 3.05) is 5.32 Å². The van der Waals surface area contributed by atoms with Gasteiger partial charge in [0.25, 0.3) is 5.69 Å². The van der Waals surface area contributed by atoms with E-state index in [9.17, 15) is 23.3 Å². The molecule has 134 valence electrons. The summed E-state index contributed by atoms with van der Waals surface area (Å²) < 4.78 is 40.4. The molecule has 1 N–H and O–H groups in total. The van der Waals surface area contributed by atoms with Gasteiger partial charge in [0.05, 0.1) is 22.2 Å². The van der Waals surface area contributed by atoms with Crippen LogP contribution in [0.1, 0.15) is 35.1 Å². The Morgan fingerprint density at radius 1 is 1.15 bits per heavy atom. The van der Waals surface area contributed by atoms with Crippen LogP contribution in [0.25, 0.3) is 0 Å². The fourth-order valence-electron chi connectivity index (χ4n) is 4.02. The predicted molar refractivity (Wildman–Crippen MR) is 90.9 cm³/mol. The summed E-state index contributed by atoms with van der Waals surface area (Å²) in [6.07, 6.45) is 0.146. The van der Waals surface area contributed by atoms with Crippen molar-refractivity contribution in [2.24, 2.45) is 5.92 Å². The van der Waals surface area contributed by atoms with Gasteiger partial charge in [-0.2, -0.15) is 13.2 Å². The minimum absolute atomic E-state index is 0.0213. The average molecular weight is 360 g/mol. The van der Waals surface area contributed by atoms with E-state index < -0.39 is 22.7 Å². The molecule has 0 fully saturated rings. The van der Waals surface area contributed by atoms with E-state index in [1.165, 1.54) is 18.2 Å². The Hall–Kier alpha value is -2.83. The highest BCUT2D eigenvalue weighted by molar-refractivity contribution is 5.65. The molecule has 0 amide bonds. The summed E-state index contributed by atoms with van der Waals surface area (Å²) in [6.45, 7) is 0. The third kappa shape index (κ3) is 2.64. The fraction of sp³-hybridized carbons (Fsp3) is 0.263. The van der Waals surface area contributed by atoms with Crippen molar-refractivity contribution >= 4 is 11.4 Å². The molecule has 3 atom stereocenters. The minimum atomic E-state index is -4.47. The first-order chi connectivity index (χ1) is 12.4. The second kappa shape index (κ2) is 5.86. The molecule has 1 aliphatic carbocycles. The first-order valence-corrected chi connectivity index (χ1v) is 8.24. The molecule has 0 unspecified atom stereocenters. The first-order valence-electron chi connectivity index (χ1n) is 8.24. The molecule has 2 aromatic carbocycles. The van der Waals surface area contributed by atoms with Crippen LogP contribution in [0.2, 0.25) is 0 Å². The molecular formula is C19H15F3N2O2. The van der Waals surface area contributed by atoms with E-state index in [4.69, 9.17) is 0 Å². The van der Waals surface area contributed by atoms with Gasteiger partial charge in [-0.15, -0.1) is 0 Å². The summed E-state index contributed by atoms with van der Waals surface area (Å²) in [7, 11) is 0. The number of benzene rings is 2. The largest absolute Gasteiger partial charge is 0.418 e. The Kier molecular flexibility index (Phi) is 3.75. The third-order valence-corrected chi connectivity index (χ3v) is 5.14. The number of para-hydroxylation sites is 1. The Bertz CT molecular complexity index is 908. The van der Waals surface area contributed by atoms with Crippen LogP contribution >= 0.6 is 0 Å². The van der Waals surface area contributed by atoms with Crippen LogP contribution in [0.15, 0.2) is 54.6 Å². The molecule has 0 saturated heterocycles. The van der Waals surface area contributed by atoms with Crippen molar-refractivity contribution in [1.82, 2.24) is 0 Å². The van der Waals surface area contributed by atoms with Gasteiger partial charge >= 0.3 is 6.18 Å². The van der Waals surface area contributed by atoms with E-state index in [-0.39, 0.29) is 23.2 Å². The summed E-state index contributed by atoms with van der Waals surface area (Å²) in [5.41, 5.74) is 0.552. The molecular weight excluding hydrogens is 345 g/mol. The number of nitro benzene ring substituents is 1. The first kappa shape index (κ1) is 16.6. The quantitative estimate of drug-likeness (QED) is 0.441. The van der Waals surface area contributed by atoms with E-state index in [0.717, 1.165) is 6.07 Å². The lowest BCUT2D eigenvalue weighted by Gasteiger charge is -2.38. The number of nitrogens with zero attached hydrogens (tertiary/aromatic N) is 1. The lowest BCUT2D eigenvalue weighted by molar-refractivity contribution is -0.384. The zero-order valence-electron chi connectivity index (χ0n) is 13.5. The van der Waals surface area contributed by atoms with Crippen LogP contribution in [0.5, 0.6) is 0 Å². The van der Waals surface area contributed by atoms with E-state index in [1.807, 2.05) is 12.2 Å². The number of nitrogens with one attached hydrogen (secondary N) is 1. The maximum atomic E-state index is 13.5. The molecule has 0 radical (unpaired) electrons. The van der Waals surface area contributed by atoms with Crippen molar-refractivity contribution < 1.29 is 18.1 Å². The van der Waals surface area contributed by atoms with Crippen LogP contribution in [0.3, 0.4) is 0 Å². The van der Waals surface area contributed by atoms with Gasteiger partial charge in [-0.05, 0) is 29.5 Å². The van der Waals surface area contributed by atoms with Crippen LogP contribution in [0, 0.1) is 16.0 Å².